The van der Waals surface area contributed by atoms with E-state index in [4.69, 9.17) is 12.2 Å². The van der Waals surface area contributed by atoms with Gasteiger partial charge in [-0.2, -0.15) is 0 Å². The van der Waals surface area contributed by atoms with Crippen molar-refractivity contribution in [2.24, 2.45) is 0 Å². The number of rotatable bonds is 1. The van der Waals surface area contributed by atoms with Crippen molar-refractivity contribution >= 4 is 17.3 Å². The fourth-order valence-electron chi connectivity index (χ4n) is 2.46. The lowest BCUT2D eigenvalue weighted by molar-refractivity contribution is 0.442. The molecule has 0 bridgehead atoms. The van der Waals surface area contributed by atoms with E-state index in [1.807, 2.05) is 0 Å². The Morgan fingerprint density at radius 1 is 1.26 bits per heavy atom. The molecular weight excluding hydrogens is 252 g/mol. The summed E-state index contributed by atoms with van der Waals surface area (Å²) in [5.41, 5.74) is 2.80. The third-order valence-electron chi connectivity index (χ3n) is 3.51. The molecule has 3 heteroatoms. The first-order valence-corrected chi connectivity index (χ1v) is 7.39. The number of nitrogens with one attached hydrogen (secondary N) is 1. The molecular formula is C16H24N2S. The Balaban J connectivity index is 1.96. The van der Waals surface area contributed by atoms with Crippen LogP contribution in [0.5, 0.6) is 0 Å². The number of thiocarbonyl (C=S) groups is 1. The van der Waals surface area contributed by atoms with Gasteiger partial charge in [0.2, 0.25) is 0 Å². The summed E-state index contributed by atoms with van der Waals surface area (Å²) in [7, 11) is 0. The standard InChI is InChI=1S/C16H24N2S/c1-12-5-7-13(8-6-12)14-9-10-18(11-14)15(19)17-16(2,3)4/h5-8,14H,9-11H2,1-4H3,(H,17,19)/t14-/m0/s1. The SMILES string of the molecule is Cc1ccc([C@H]2CCN(C(=S)NC(C)(C)C)C2)cc1. The molecule has 1 saturated heterocycles. The third-order valence-corrected chi connectivity index (χ3v) is 3.87. The largest absolute Gasteiger partial charge is 0.358 e. The second-order valence-electron chi connectivity index (χ2n) is 6.52. The lowest BCUT2D eigenvalue weighted by Gasteiger charge is -2.28. The van der Waals surface area contributed by atoms with Crippen molar-refractivity contribution in [1.82, 2.24) is 10.2 Å². The molecule has 1 N–H and O–H groups in total. The van der Waals surface area contributed by atoms with Crippen LogP contribution in [0.2, 0.25) is 0 Å². The average Bonchev–Trinajstić information content (AvgIpc) is 2.77. The van der Waals surface area contributed by atoms with Crippen molar-refractivity contribution in [2.45, 2.75) is 45.6 Å². The van der Waals surface area contributed by atoms with E-state index in [1.54, 1.807) is 0 Å². The summed E-state index contributed by atoms with van der Waals surface area (Å²) in [5, 5.41) is 4.29. The summed E-state index contributed by atoms with van der Waals surface area (Å²) in [5.74, 6) is 0.611. The average molecular weight is 276 g/mol. The highest BCUT2D eigenvalue weighted by atomic mass is 32.1. The topological polar surface area (TPSA) is 15.3 Å². The van der Waals surface area contributed by atoms with Gasteiger partial charge in [0.05, 0.1) is 0 Å². The van der Waals surface area contributed by atoms with Crippen LogP contribution in [-0.2, 0) is 0 Å². The van der Waals surface area contributed by atoms with Gasteiger partial charge >= 0.3 is 0 Å². The van der Waals surface area contributed by atoms with Gasteiger partial charge in [-0.15, -0.1) is 0 Å². The Hall–Kier alpha value is -1.09. The van der Waals surface area contributed by atoms with Crippen LogP contribution in [0.1, 0.15) is 44.2 Å². The van der Waals surface area contributed by atoms with E-state index in [9.17, 15) is 0 Å². The summed E-state index contributed by atoms with van der Waals surface area (Å²) in [6.45, 7) is 10.7. The van der Waals surface area contributed by atoms with Crippen molar-refractivity contribution < 1.29 is 0 Å². The lowest BCUT2D eigenvalue weighted by atomic mass is 9.98. The molecule has 1 fully saturated rings. The predicted octanol–water partition coefficient (Wildman–Crippen LogP) is 3.46. The maximum absolute atomic E-state index is 5.50. The summed E-state index contributed by atoms with van der Waals surface area (Å²) < 4.78 is 0. The summed E-state index contributed by atoms with van der Waals surface area (Å²) >= 11 is 5.50. The highest BCUT2D eigenvalue weighted by Crippen LogP contribution is 2.27. The smallest absolute Gasteiger partial charge is 0.169 e. The van der Waals surface area contributed by atoms with E-state index in [0.717, 1.165) is 18.2 Å². The van der Waals surface area contributed by atoms with Gasteiger partial charge in [-0.3, -0.25) is 0 Å². The second-order valence-corrected chi connectivity index (χ2v) is 6.91. The Morgan fingerprint density at radius 3 is 2.47 bits per heavy atom. The first-order valence-electron chi connectivity index (χ1n) is 6.99. The van der Waals surface area contributed by atoms with E-state index in [2.05, 4.69) is 62.2 Å². The summed E-state index contributed by atoms with van der Waals surface area (Å²) in [6.07, 6.45) is 1.19. The number of benzene rings is 1. The molecule has 1 aromatic rings. The fraction of sp³-hybridized carbons (Fsp3) is 0.562. The molecule has 19 heavy (non-hydrogen) atoms. The molecule has 0 aromatic heterocycles. The van der Waals surface area contributed by atoms with Crippen LogP contribution in [0.15, 0.2) is 24.3 Å². The minimum atomic E-state index is 0.0407. The molecule has 2 rings (SSSR count). The van der Waals surface area contributed by atoms with Crippen LogP contribution in [0.3, 0.4) is 0 Å². The van der Waals surface area contributed by atoms with Gasteiger partial charge in [0, 0.05) is 24.5 Å². The van der Waals surface area contributed by atoms with Gasteiger partial charge in [-0.05, 0) is 51.9 Å². The lowest BCUT2D eigenvalue weighted by Crippen LogP contribution is -2.47. The van der Waals surface area contributed by atoms with Crippen molar-refractivity contribution in [3.05, 3.63) is 35.4 Å². The zero-order chi connectivity index (χ0) is 14.0. The van der Waals surface area contributed by atoms with Gasteiger partial charge in [-0.25, -0.2) is 0 Å². The molecule has 104 valence electrons. The van der Waals surface area contributed by atoms with Crippen molar-refractivity contribution in [3.8, 4) is 0 Å². The highest BCUT2D eigenvalue weighted by Gasteiger charge is 2.26. The number of likely N-dealkylation sites (tertiary alicyclic amines) is 1. The van der Waals surface area contributed by atoms with Crippen LogP contribution in [0.25, 0.3) is 0 Å². The van der Waals surface area contributed by atoms with Crippen LogP contribution in [-0.4, -0.2) is 28.6 Å². The molecule has 0 radical (unpaired) electrons. The Kier molecular flexibility index (Phi) is 4.14. The van der Waals surface area contributed by atoms with E-state index in [0.29, 0.717) is 5.92 Å². The zero-order valence-electron chi connectivity index (χ0n) is 12.4. The quantitative estimate of drug-likeness (QED) is 0.791. The molecule has 1 aliphatic heterocycles. The fourth-order valence-corrected chi connectivity index (χ4v) is 2.93. The Morgan fingerprint density at radius 2 is 1.89 bits per heavy atom. The maximum atomic E-state index is 5.50. The van der Waals surface area contributed by atoms with Crippen LogP contribution in [0, 0.1) is 6.92 Å². The third kappa shape index (κ3) is 3.93. The molecule has 0 aliphatic carbocycles. The highest BCUT2D eigenvalue weighted by molar-refractivity contribution is 7.80. The molecule has 0 amide bonds. The van der Waals surface area contributed by atoms with Crippen LogP contribution >= 0.6 is 12.2 Å². The van der Waals surface area contributed by atoms with E-state index in [1.165, 1.54) is 17.5 Å². The minimum absolute atomic E-state index is 0.0407. The molecule has 0 spiro atoms. The van der Waals surface area contributed by atoms with Gasteiger partial charge in [0.15, 0.2) is 5.11 Å². The van der Waals surface area contributed by atoms with Gasteiger partial charge < -0.3 is 10.2 Å². The summed E-state index contributed by atoms with van der Waals surface area (Å²) in [6, 6.07) is 8.90. The summed E-state index contributed by atoms with van der Waals surface area (Å²) in [4.78, 5) is 2.30. The van der Waals surface area contributed by atoms with Crippen molar-refractivity contribution in [1.29, 1.82) is 0 Å². The van der Waals surface area contributed by atoms with Crippen molar-refractivity contribution in [3.63, 3.8) is 0 Å². The number of hydrogen-bond acceptors (Lipinski definition) is 1. The molecule has 2 nitrogen and oxygen atoms in total. The minimum Gasteiger partial charge on any atom is -0.358 e. The van der Waals surface area contributed by atoms with E-state index in [-0.39, 0.29) is 5.54 Å². The Bertz CT molecular complexity index is 445. The number of aryl methyl sites for hydroxylation is 1. The molecule has 0 unspecified atom stereocenters. The van der Waals surface area contributed by atoms with Crippen molar-refractivity contribution in [2.75, 3.05) is 13.1 Å². The van der Waals surface area contributed by atoms with Gasteiger partial charge in [-0.1, -0.05) is 29.8 Å². The van der Waals surface area contributed by atoms with Gasteiger partial charge in [0.1, 0.15) is 0 Å². The molecule has 1 atom stereocenters. The van der Waals surface area contributed by atoms with Gasteiger partial charge in [0.25, 0.3) is 0 Å². The predicted molar refractivity (Wildman–Crippen MR) is 85.6 cm³/mol. The molecule has 1 aromatic carbocycles. The van der Waals surface area contributed by atoms with E-state index < -0.39 is 0 Å². The first kappa shape index (κ1) is 14.3. The Labute approximate surface area is 122 Å². The monoisotopic (exact) mass is 276 g/mol. The van der Waals surface area contributed by atoms with Crippen LogP contribution < -0.4 is 5.32 Å². The zero-order valence-corrected chi connectivity index (χ0v) is 13.2. The molecule has 1 aliphatic rings. The number of nitrogens with zero attached hydrogens (tertiary/aromatic N) is 1. The molecule has 0 saturated carbocycles. The maximum Gasteiger partial charge on any atom is 0.169 e. The van der Waals surface area contributed by atoms with E-state index >= 15 is 0 Å². The second kappa shape index (κ2) is 5.49. The molecule has 1 heterocycles. The number of hydrogen-bond donors (Lipinski definition) is 1. The normalized spacial score (nSPS) is 19.6. The first-order chi connectivity index (χ1) is 8.85. The van der Waals surface area contributed by atoms with Crippen LogP contribution in [0.4, 0.5) is 0 Å².